The molecule has 1 atom stereocenters. The molecule has 0 heterocycles. The van der Waals surface area contributed by atoms with Crippen molar-refractivity contribution in [1.29, 1.82) is 0 Å². The summed E-state index contributed by atoms with van der Waals surface area (Å²) in [6.45, 7) is 8.04. The molecule has 0 spiro atoms. The van der Waals surface area contributed by atoms with Crippen molar-refractivity contribution < 1.29 is 14.2 Å². The van der Waals surface area contributed by atoms with Gasteiger partial charge in [-0.2, -0.15) is 0 Å². The van der Waals surface area contributed by atoms with E-state index in [9.17, 15) is 9.50 Å². The second-order valence-corrected chi connectivity index (χ2v) is 4.13. The van der Waals surface area contributed by atoms with Gasteiger partial charge in [0, 0.05) is 25.3 Å². The van der Waals surface area contributed by atoms with E-state index in [1.807, 2.05) is 18.7 Å². The standard InChI is InChI=1S/C14H22FNO2/c1-4-16(9-10-18-5-2)14-12(11(3)17)7-6-8-13(14)15/h6-8,11,17H,4-5,9-10H2,1-3H3. The molecule has 1 N–H and O–H groups in total. The van der Waals surface area contributed by atoms with Crippen LogP contribution in [0.2, 0.25) is 0 Å². The van der Waals surface area contributed by atoms with Crippen LogP contribution in [0.5, 0.6) is 0 Å². The highest BCUT2D eigenvalue weighted by molar-refractivity contribution is 5.55. The molecule has 0 amide bonds. The van der Waals surface area contributed by atoms with Gasteiger partial charge in [-0.05, 0) is 26.8 Å². The highest BCUT2D eigenvalue weighted by Crippen LogP contribution is 2.29. The van der Waals surface area contributed by atoms with Gasteiger partial charge in [-0.25, -0.2) is 4.39 Å². The van der Waals surface area contributed by atoms with E-state index in [0.717, 1.165) is 0 Å². The first-order valence-electron chi connectivity index (χ1n) is 6.40. The molecule has 0 fully saturated rings. The van der Waals surface area contributed by atoms with Gasteiger partial charge in [0.05, 0.1) is 18.4 Å². The SMILES string of the molecule is CCOCCN(CC)c1c(F)cccc1C(C)O. The summed E-state index contributed by atoms with van der Waals surface area (Å²) in [6, 6.07) is 4.80. The summed E-state index contributed by atoms with van der Waals surface area (Å²) in [4.78, 5) is 1.90. The molecule has 3 nitrogen and oxygen atoms in total. The minimum absolute atomic E-state index is 0.299. The van der Waals surface area contributed by atoms with E-state index in [2.05, 4.69) is 0 Å². The van der Waals surface area contributed by atoms with Crippen molar-refractivity contribution >= 4 is 5.69 Å². The summed E-state index contributed by atoms with van der Waals surface area (Å²) in [6.07, 6.45) is -0.683. The maximum atomic E-state index is 14.0. The largest absolute Gasteiger partial charge is 0.389 e. The number of halogens is 1. The number of rotatable bonds is 7. The Morgan fingerprint density at radius 3 is 2.67 bits per heavy atom. The first kappa shape index (κ1) is 14.9. The Morgan fingerprint density at radius 1 is 1.39 bits per heavy atom. The number of hydrogen-bond acceptors (Lipinski definition) is 3. The van der Waals surface area contributed by atoms with Crippen LogP contribution in [0.1, 0.15) is 32.4 Å². The van der Waals surface area contributed by atoms with E-state index in [-0.39, 0.29) is 5.82 Å². The molecule has 18 heavy (non-hydrogen) atoms. The van der Waals surface area contributed by atoms with Gasteiger partial charge in [0.25, 0.3) is 0 Å². The Bertz CT molecular complexity index is 369. The Hall–Kier alpha value is -1.13. The zero-order valence-corrected chi connectivity index (χ0v) is 11.3. The first-order chi connectivity index (χ1) is 8.61. The molecule has 0 aliphatic heterocycles. The monoisotopic (exact) mass is 255 g/mol. The quantitative estimate of drug-likeness (QED) is 0.760. The van der Waals surface area contributed by atoms with Crippen LogP contribution in [0.15, 0.2) is 18.2 Å². The molecular weight excluding hydrogens is 233 g/mol. The molecule has 1 unspecified atom stereocenters. The van der Waals surface area contributed by atoms with Crippen LogP contribution < -0.4 is 4.90 Å². The van der Waals surface area contributed by atoms with Gasteiger partial charge in [0.2, 0.25) is 0 Å². The maximum Gasteiger partial charge on any atom is 0.146 e. The van der Waals surface area contributed by atoms with Gasteiger partial charge in [-0.1, -0.05) is 12.1 Å². The Labute approximate surface area is 108 Å². The number of aliphatic hydroxyl groups is 1. The molecule has 1 rings (SSSR count). The number of ether oxygens (including phenoxy) is 1. The van der Waals surface area contributed by atoms with E-state index in [0.29, 0.717) is 37.6 Å². The van der Waals surface area contributed by atoms with Gasteiger partial charge in [-0.15, -0.1) is 0 Å². The molecule has 4 heteroatoms. The Balaban J connectivity index is 2.96. The molecule has 0 saturated carbocycles. The second kappa shape index (κ2) is 7.34. The van der Waals surface area contributed by atoms with Gasteiger partial charge in [0.1, 0.15) is 5.82 Å². The summed E-state index contributed by atoms with van der Waals surface area (Å²) >= 11 is 0. The van der Waals surface area contributed by atoms with Crippen molar-refractivity contribution in [2.24, 2.45) is 0 Å². The zero-order valence-electron chi connectivity index (χ0n) is 11.3. The van der Waals surface area contributed by atoms with Crippen molar-refractivity contribution in [3.05, 3.63) is 29.6 Å². The Kier molecular flexibility index (Phi) is 6.09. The molecule has 1 aromatic carbocycles. The summed E-state index contributed by atoms with van der Waals surface area (Å²) in [5.74, 6) is -0.299. The van der Waals surface area contributed by atoms with Crippen LogP contribution in [-0.4, -0.2) is 31.4 Å². The number of nitrogens with zero attached hydrogens (tertiary/aromatic N) is 1. The number of anilines is 1. The molecule has 0 aliphatic carbocycles. The number of aliphatic hydroxyl groups excluding tert-OH is 1. The zero-order chi connectivity index (χ0) is 13.5. The summed E-state index contributed by atoms with van der Waals surface area (Å²) < 4.78 is 19.3. The van der Waals surface area contributed by atoms with Crippen LogP contribution >= 0.6 is 0 Å². The van der Waals surface area contributed by atoms with Gasteiger partial charge in [-0.3, -0.25) is 0 Å². The number of benzene rings is 1. The number of hydrogen-bond donors (Lipinski definition) is 1. The van der Waals surface area contributed by atoms with Crippen molar-refractivity contribution in [3.8, 4) is 0 Å². The second-order valence-electron chi connectivity index (χ2n) is 4.13. The fraction of sp³-hybridized carbons (Fsp3) is 0.571. The highest BCUT2D eigenvalue weighted by Gasteiger charge is 2.17. The number of likely N-dealkylation sites (N-methyl/N-ethyl adjacent to an activating group) is 1. The van der Waals surface area contributed by atoms with Crippen LogP contribution in [0, 0.1) is 5.82 Å². The first-order valence-corrected chi connectivity index (χ1v) is 6.40. The molecule has 0 aromatic heterocycles. The van der Waals surface area contributed by atoms with Crippen molar-refractivity contribution in [1.82, 2.24) is 0 Å². The normalized spacial score (nSPS) is 12.5. The van der Waals surface area contributed by atoms with E-state index in [1.54, 1.807) is 19.1 Å². The molecule has 0 radical (unpaired) electrons. The molecule has 0 aliphatic rings. The van der Waals surface area contributed by atoms with E-state index >= 15 is 0 Å². The summed E-state index contributed by atoms with van der Waals surface area (Å²) in [7, 11) is 0. The smallest absolute Gasteiger partial charge is 0.146 e. The predicted molar refractivity (Wildman–Crippen MR) is 71.4 cm³/mol. The molecule has 0 bridgehead atoms. The average Bonchev–Trinajstić information content (AvgIpc) is 2.35. The highest BCUT2D eigenvalue weighted by atomic mass is 19.1. The van der Waals surface area contributed by atoms with Crippen molar-refractivity contribution in [3.63, 3.8) is 0 Å². The van der Waals surface area contributed by atoms with Gasteiger partial charge < -0.3 is 14.7 Å². The lowest BCUT2D eigenvalue weighted by molar-refractivity contribution is 0.153. The van der Waals surface area contributed by atoms with E-state index in [4.69, 9.17) is 4.74 Å². The summed E-state index contributed by atoms with van der Waals surface area (Å²) in [5, 5.41) is 9.72. The number of para-hydroxylation sites is 1. The molecule has 1 aromatic rings. The van der Waals surface area contributed by atoms with Gasteiger partial charge >= 0.3 is 0 Å². The molecular formula is C14H22FNO2. The third kappa shape index (κ3) is 3.68. The van der Waals surface area contributed by atoms with E-state index < -0.39 is 6.10 Å². The lowest BCUT2D eigenvalue weighted by Gasteiger charge is -2.27. The van der Waals surface area contributed by atoms with Crippen molar-refractivity contribution in [2.45, 2.75) is 26.9 Å². The predicted octanol–water partition coefficient (Wildman–Crippen LogP) is 2.74. The van der Waals surface area contributed by atoms with Crippen LogP contribution in [-0.2, 0) is 4.74 Å². The molecule has 0 saturated heterocycles. The fourth-order valence-electron chi connectivity index (χ4n) is 1.95. The van der Waals surface area contributed by atoms with Crippen LogP contribution in [0.25, 0.3) is 0 Å². The lowest BCUT2D eigenvalue weighted by atomic mass is 10.1. The maximum absolute atomic E-state index is 14.0. The minimum Gasteiger partial charge on any atom is -0.389 e. The molecule has 102 valence electrons. The third-order valence-corrected chi connectivity index (χ3v) is 2.88. The van der Waals surface area contributed by atoms with Crippen LogP contribution in [0.3, 0.4) is 0 Å². The Morgan fingerprint density at radius 2 is 2.11 bits per heavy atom. The lowest BCUT2D eigenvalue weighted by Crippen LogP contribution is -2.29. The van der Waals surface area contributed by atoms with E-state index in [1.165, 1.54) is 6.07 Å². The minimum atomic E-state index is -0.683. The topological polar surface area (TPSA) is 32.7 Å². The van der Waals surface area contributed by atoms with Crippen molar-refractivity contribution in [2.75, 3.05) is 31.2 Å². The average molecular weight is 255 g/mol. The fourth-order valence-corrected chi connectivity index (χ4v) is 1.95. The van der Waals surface area contributed by atoms with Crippen LogP contribution in [0.4, 0.5) is 10.1 Å². The summed E-state index contributed by atoms with van der Waals surface area (Å²) in [5.41, 5.74) is 1.10. The third-order valence-electron chi connectivity index (χ3n) is 2.88. The van der Waals surface area contributed by atoms with Gasteiger partial charge in [0.15, 0.2) is 0 Å².